The molecule has 1 aromatic rings. The highest BCUT2D eigenvalue weighted by atomic mass is 32.2. The van der Waals surface area contributed by atoms with Crippen molar-refractivity contribution in [2.75, 3.05) is 0 Å². The predicted octanol–water partition coefficient (Wildman–Crippen LogP) is 2.03. The third kappa shape index (κ3) is 4.03. The summed E-state index contributed by atoms with van der Waals surface area (Å²) in [6, 6.07) is 0. The number of hydrogen-bond donors (Lipinski definition) is 1. The van der Waals surface area contributed by atoms with Crippen LogP contribution >= 0.6 is 11.8 Å². The van der Waals surface area contributed by atoms with Gasteiger partial charge >= 0.3 is 5.97 Å². The highest BCUT2D eigenvalue weighted by Crippen LogP contribution is 2.23. The molecule has 0 fully saturated rings. The molecular weight excluding hydrogens is 238 g/mol. The van der Waals surface area contributed by atoms with E-state index in [0.717, 1.165) is 18.8 Å². The minimum absolute atomic E-state index is 0.111. The van der Waals surface area contributed by atoms with Crippen molar-refractivity contribution in [2.45, 2.75) is 44.7 Å². The van der Waals surface area contributed by atoms with Crippen molar-refractivity contribution >= 4 is 17.7 Å². The van der Waals surface area contributed by atoms with Gasteiger partial charge in [0.2, 0.25) is 0 Å². The first-order valence-corrected chi connectivity index (χ1v) is 6.82. The van der Waals surface area contributed by atoms with Crippen molar-refractivity contribution in [1.82, 2.24) is 14.8 Å². The first kappa shape index (κ1) is 14.0. The van der Waals surface area contributed by atoms with Gasteiger partial charge in [-0.15, -0.1) is 11.8 Å². The van der Waals surface area contributed by atoms with Gasteiger partial charge in [-0.2, -0.15) is 5.10 Å². The lowest BCUT2D eigenvalue weighted by molar-refractivity contribution is -0.137. The van der Waals surface area contributed by atoms with Crippen LogP contribution in [0.15, 0.2) is 6.33 Å². The van der Waals surface area contributed by atoms with E-state index in [1.807, 2.05) is 18.5 Å². The number of aryl methyl sites for hydroxylation is 1. The summed E-state index contributed by atoms with van der Waals surface area (Å²) in [5, 5.41) is 12.8. The Morgan fingerprint density at radius 2 is 2.29 bits per heavy atom. The molecule has 0 spiro atoms. The number of carboxylic acid groups (broad SMARTS) is 1. The molecule has 0 aliphatic rings. The summed E-state index contributed by atoms with van der Waals surface area (Å²) in [6.45, 7) is 6.74. The molecule has 1 atom stereocenters. The second kappa shape index (κ2) is 6.64. The molecule has 0 saturated heterocycles. The van der Waals surface area contributed by atoms with Crippen molar-refractivity contribution in [3.8, 4) is 0 Å². The Balaban J connectivity index is 2.59. The largest absolute Gasteiger partial charge is 0.480 e. The highest BCUT2D eigenvalue weighted by Gasteiger charge is 2.22. The quantitative estimate of drug-likeness (QED) is 0.809. The van der Waals surface area contributed by atoms with Crippen LogP contribution in [0.1, 0.15) is 33.0 Å². The summed E-state index contributed by atoms with van der Waals surface area (Å²) in [4.78, 5) is 15.2. The minimum Gasteiger partial charge on any atom is -0.480 e. The number of aromatic nitrogens is 3. The maximum absolute atomic E-state index is 11.0. The predicted molar refractivity (Wildman–Crippen MR) is 67.9 cm³/mol. The number of rotatable bonds is 7. The first-order chi connectivity index (χ1) is 8.06. The fourth-order valence-corrected chi connectivity index (χ4v) is 2.59. The zero-order valence-electron chi connectivity index (χ0n) is 10.5. The van der Waals surface area contributed by atoms with Crippen LogP contribution in [-0.2, 0) is 17.1 Å². The van der Waals surface area contributed by atoms with Crippen LogP contribution in [0.3, 0.4) is 0 Å². The molecule has 1 rings (SSSR count). The number of carboxylic acids is 1. The fourth-order valence-electron chi connectivity index (χ4n) is 1.51. The Labute approximate surface area is 106 Å². The molecular formula is C11H19N3O2S. The van der Waals surface area contributed by atoms with E-state index in [1.165, 1.54) is 18.1 Å². The fraction of sp³-hybridized carbons (Fsp3) is 0.727. The molecule has 5 nitrogen and oxygen atoms in total. The molecule has 96 valence electrons. The van der Waals surface area contributed by atoms with E-state index in [0.29, 0.717) is 5.75 Å². The molecule has 6 heteroatoms. The summed E-state index contributed by atoms with van der Waals surface area (Å²) in [6.07, 6.45) is 2.52. The lowest BCUT2D eigenvalue weighted by atomic mass is 10.1. The molecule has 1 aromatic heterocycles. The molecule has 1 N–H and O–H groups in total. The van der Waals surface area contributed by atoms with Gasteiger partial charge in [0.05, 0.1) is 5.75 Å². The van der Waals surface area contributed by atoms with Gasteiger partial charge in [-0.25, -0.2) is 9.67 Å². The van der Waals surface area contributed by atoms with Crippen molar-refractivity contribution in [2.24, 2.45) is 5.92 Å². The van der Waals surface area contributed by atoms with E-state index in [-0.39, 0.29) is 11.2 Å². The van der Waals surface area contributed by atoms with E-state index in [9.17, 15) is 4.79 Å². The Bertz CT molecular complexity index is 365. The molecule has 0 saturated carbocycles. The van der Waals surface area contributed by atoms with Gasteiger partial charge < -0.3 is 5.11 Å². The van der Waals surface area contributed by atoms with Crippen LogP contribution in [-0.4, -0.2) is 31.1 Å². The van der Waals surface area contributed by atoms with E-state index >= 15 is 0 Å². The van der Waals surface area contributed by atoms with Crippen LogP contribution in [0.2, 0.25) is 0 Å². The van der Waals surface area contributed by atoms with E-state index in [4.69, 9.17) is 5.11 Å². The van der Waals surface area contributed by atoms with E-state index in [1.54, 1.807) is 0 Å². The van der Waals surface area contributed by atoms with E-state index < -0.39 is 5.97 Å². The second-order valence-electron chi connectivity index (χ2n) is 4.21. The smallest absolute Gasteiger partial charge is 0.316 e. The molecule has 1 heterocycles. The number of nitrogens with zero attached hydrogens (tertiary/aromatic N) is 3. The number of thioether (sulfide) groups is 1. The third-order valence-corrected chi connectivity index (χ3v) is 3.90. The molecule has 17 heavy (non-hydrogen) atoms. The van der Waals surface area contributed by atoms with Gasteiger partial charge in [-0.05, 0) is 12.3 Å². The summed E-state index contributed by atoms with van der Waals surface area (Å²) in [5.41, 5.74) is 0. The Morgan fingerprint density at radius 1 is 1.59 bits per heavy atom. The molecule has 0 amide bonds. The second-order valence-corrected chi connectivity index (χ2v) is 5.34. The molecule has 0 bridgehead atoms. The molecule has 0 aliphatic heterocycles. The SMILES string of the molecule is CCCn1ncnc1CSC(C(=O)O)C(C)C. The van der Waals surface area contributed by atoms with Crippen molar-refractivity contribution in [1.29, 1.82) is 0 Å². The lowest BCUT2D eigenvalue weighted by Crippen LogP contribution is -2.23. The van der Waals surface area contributed by atoms with Crippen molar-refractivity contribution in [3.05, 3.63) is 12.2 Å². The molecule has 0 aliphatic carbocycles. The topological polar surface area (TPSA) is 68.0 Å². The third-order valence-electron chi connectivity index (χ3n) is 2.37. The monoisotopic (exact) mass is 257 g/mol. The lowest BCUT2D eigenvalue weighted by Gasteiger charge is -2.15. The van der Waals surface area contributed by atoms with Crippen LogP contribution < -0.4 is 0 Å². The summed E-state index contributed by atoms with van der Waals surface area (Å²) >= 11 is 1.41. The average molecular weight is 257 g/mol. The van der Waals surface area contributed by atoms with Crippen LogP contribution in [0.25, 0.3) is 0 Å². The van der Waals surface area contributed by atoms with Crippen LogP contribution in [0.5, 0.6) is 0 Å². The zero-order chi connectivity index (χ0) is 12.8. The number of hydrogen-bond acceptors (Lipinski definition) is 4. The maximum atomic E-state index is 11.0. The van der Waals surface area contributed by atoms with Gasteiger partial charge in [0.15, 0.2) is 0 Å². The molecule has 1 unspecified atom stereocenters. The highest BCUT2D eigenvalue weighted by molar-refractivity contribution is 7.99. The maximum Gasteiger partial charge on any atom is 0.316 e. The minimum atomic E-state index is -0.758. The zero-order valence-corrected chi connectivity index (χ0v) is 11.3. The molecule has 0 aromatic carbocycles. The van der Waals surface area contributed by atoms with Gasteiger partial charge in [0.25, 0.3) is 0 Å². The summed E-state index contributed by atoms with van der Waals surface area (Å²) in [5.74, 6) is 0.796. The van der Waals surface area contributed by atoms with Gasteiger partial charge in [0, 0.05) is 6.54 Å². The summed E-state index contributed by atoms with van der Waals surface area (Å²) in [7, 11) is 0. The van der Waals surface area contributed by atoms with Crippen LogP contribution in [0.4, 0.5) is 0 Å². The molecule has 0 radical (unpaired) electrons. The Morgan fingerprint density at radius 3 is 2.82 bits per heavy atom. The summed E-state index contributed by atoms with van der Waals surface area (Å²) < 4.78 is 1.84. The Kier molecular flexibility index (Phi) is 5.47. The Hall–Kier alpha value is -1.04. The van der Waals surface area contributed by atoms with Gasteiger partial charge in [-0.1, -0.05) is 20.8 Å². The number of carbonyl (C=O) groups is 1. The number of aliphatic carboxylic acids is 1. The first-order valence-electron chi connectivity index (χ1n) is 5.77. The van der Waals surface area contributed by atoms with Gasteiger partial charge in [-0.3, -0.25) is 4.79 Å². The average Bonchev–Trinajstić information content (AvgIpc) is 2.65. The van der Waals surface area contributed by atoms with Gasteiger partial charge in [0.1, 0.15) is 17.4 Å². The van der Waals surface area contributed by atoms with Crippen molar-refractivity contribution < 1.29 is 9.90 Å². The van der Waals surface area contributed by atoms with Crippen LogP contribution in [0, 0.1) is 5.92 Å². The van der Waals surface area contributed by atoms with Crippen molar-refractivity contribution in [3.63, 3.8) is 0 Å². The van der Waals surface area contributed by atoms with E-state index in [2.05, 4.69) is 17.0 Å². The standard InChI is InChI=1S/C11H19N3O2S/c1-4-5-14-9(12-7-13-14)6-17-10(8(2)3)11(15)16/h7-8,10H,4-6H2,1-3H3,(H,15,16). The normalized spacial score (nSPS) is 12.9.